The topological polar surface area (TPSA) is 139 Å². The van der Waals surface area contributed by atoms with Crippen molar-refractivity contribution in [3.63, 3.8) is 0 Å². The lowest BCUT2D eigenvalue weighted by Crippen LogP contribution is -2.52. The number of rotatable bonds is 9. The molecule has 0 saturated carbocycles. The van der Waals surface area contributed by atoms with E-state index in [1.54, 1.807) is 0 Å². The van der Waals surface area contributed by atoms with Crippen LogP contribution in [0, 0.1) is 5.92 Å². The Morgan fingerprint density at radius 2 is 1.80 bits per heavy atom. The fraction of sp³-hybridized carbons (Fsp3) is 0.667. The molecule has 5 N–H and O–H groups in total. The van der Waals surface area contributed by atoms with Crippen molar-refractivity contribution >= 4 is 23.6 Å². The summed E-state index contributed by atoms with van der Waals surface area (Å²) in [4.78, 5) is 44.6. The molecule has 0 radical (unpaired) electrons. The molecule has 0 aliphatic heterocycles. The minimum atomic E-state index is -1.09. The number of hydrogen-bond donors (Lipinski definition) is 4. The van der Waals surface area contributed by atoms with Crippen LogP contribution < -0.4 is 16.4 Å². The molecule has 0 aliphatic rings. The van der Waals surface area contributed by atoms with Gasteiger partial charge < -0.3 is 21.5 Å². The Labute approximate surface area is 117 Å². The lowest BCUT2D eigenvalue weighted by Gasteiger charge is -2.18. The molecule has 0 heterocycles. The van der Waals surface area contributed by atoms with Crippen LogP contribution in [-0.2, 0) is 19.2 Å². The maximum absolute atomic E-state index is 11.7. The van der Waals surface area contributed by atoms with Crippen molar-refractivity contribution in [2.45, 2.75) is 32.7 Å². The Morgan fingerprint density at radius 3 is 2.25 bits per heavy atom. The summed E-state index contributed by atoms with van der Waals surface area (Å²) in [6.07, 6.45) is -0.124. The average molecular weight is 287 g/mol. The second-order valence-corrected chi connectivity index (χ2v) is 4.54. The van der Waals surface area contributed by atoms with E-state index in [0.29, 0.717) is 0 Å². The molecule has 2 atom stereocenters. The second kappa shape index (κ2) is 9.03. The van der Waals surface area contributed by atoms with Crippen LogP contribution in [0.2, 0.25) is 0 Å². The monoisotopic (exact) mass is 287 g/mol. The fourth-order valence-electron chi connectivity index (χ4n) is 1.39. The third kappa shape index (κ3) is 7.47. The van der Waals surface area contributed by atoms with E-state index in [1.165, 1.54) is 13.8 Å². The molecule has 2 amide bonds. The first-order valence-electron chi connectivity index (χ1n) is 6.27. The van der Waals surface area contributed by atoms with Crippen molar-refractivity contribution < 1.29 is 24.3 Å². The van der Waals surface area contributed by atoms with Gasteiger partial charge in [-0.3, -0.25) is 19.2 Å². The van der Waals surface area contributed by atoms with Gasteiger partial charge in [0, 0.05) is 25.4 Å². The van der Waals surface area contributed by atoms with Gasteiger partial charge in [0.25, 0.3) is 0 Å². The number of carbonyl (C=O) groups is 4. The first kappa shape index (κ1) is 18.0. The highest BCUT2D eigenvalue weighted by Gasteiger charge is 2.23. The summed E-state index contributed by atoms with van der Waals surface area (Å²) < 4.78 is 0. The van der Waals surface area contributed by atoms with E-state index in [-0.39, 0.29) is 31.7 Å². The smallest absolute Gasteiger partial charge is 0.304 e. The maximum Gasteiger partial charge on any atom is 0.304 e. The van der Waals surface area contributed by atoms with Gasteiger partial charge in [0.15, 0.2) is 0 Å². The molecule has 8 heteroatoms. The van der Waals surface area contributed by atoms with E-state index >= 15 is 0 Å². The molecule has 0 aromatic rings. The zero-order valence-electron chi connectivity index (χ0n) is 11.6. The maximum atomic E-state index is 11.7. The van der Waals surface area contributed by atoms with E-state index in [2.05, 4.69) is 10.6 Å². The number of nitrogens with one attached hydrogen (secondary N) is 2. The van der Waals surface area contributed by atoms with E-state index < -0.39 is 29.7 Å². The summed E-state index contributed by atoms with van der Waals surface area (Å²) in [5.41, 5.74) is 5.40. The Bertz CT molecular complexity index is 383. The average Bonchev–Trinajstić information content (AvgIpc) is 2.33. The van der Waals surface area contributed by atoms with Crippen molar-refractivity contribution in [3.05, 3.63) is 0 Å². The molecule has 0 spiro atoms. The van der Waals surface area contributed by atoms with Gasteiger partial charge in [-0.15, -0.1) is 0 Å². The van der Waals surface area contributed by atoms with Gasteiger partial charge in [-0.2, -0.15) is 0 Å². The van der Waals surface area contributed by atoms with Gasteiger partial charge in [0.2, 0.25) is 11.8 Å². The Kier molecular flexibility index (Phi) is 8.14. The molecule has 0 bridgehead atoms. The number of carboxylic acid groups (broad SMARTS) is 1. The fourth-order valence-corrected chi connectivity index (χ4v) is 1.39. The van der Waals surface area contributed by atoms with E-state index in [4.69, 9.17) is 10.8 Å². The van der Waals surface area contributed by atoms with Crippen LogP contribution in [0.15, 0.2) is 0 Å². The van der Waals surface area contributed by atoms with Gasteiger partial charge in [0.05, 0.1) is 6.42 Å². The first-order valence-corrected chi connectivity index (χ1v) is 6.27. The highest BCUT2D eigenvalue weighted by molar-refractivity contribution is 5.90. The number of carbonyl (C=O) groups excluding carboxylic acids is 3. The van der Waals surface area contributed by atoms with Crippen LogP contribution in [0.25, 0.3) is 0 Å². The molecule has 1 unspecified atom stereocenters. The van der Waals surface area contributed by atoms with Crippen molar-refractivity contribution in [1.82, 2.24) is 10.6 Å². The summed E-state index contributed by atoms with van der Waals surface area (Å²) in [5, 5.41) is 13.5. The summed E-state index contributed by atoms with van der Waals surface area (Å²) in [6, 6.07) is -0.939. The van der Waals surface area contributed by atoms with E-state index in [1.807, 2.05) is 0 Å². The van der Waals surface area contributed by atoms with Gasteiger partial charge in [-0.25, -0.2) is 0 Å². The van der Waals surface area contributed by atoms with Gasteiger partial charge >= 0.3 is 5.97 Å². The Hall–Kier alpha value is -1.96. The number of carboxylic acids is 1. The number of ketones is 1. The predicted molar refractivity (Wildman–Crippen MR) is 70.7 cm³/mol. The largest absolute Gasteiger partial charge is 0.481 e. The number of aliphatic carboxylic acids is 1. The third-order valence-electron chi connectivity index (χ3n) is 2.57. The predicted octanol–water partition coefficient (Wildman–Crippen LogP) is -1.36. The molecule has 20 heavy (non-hydrogen) atoms. The zero-order valence-corrected chi connectivity index (χ0v) is 11.6. The highest BCUT2D eigenvalue weighted by Crippen LogP contribution is 2.02. The first-order chi connectivity index (χ1) is 9.27. The van der Waals surface area contributed by atoms with Crippen molar-refractivity contribution in [3.8, 4) is 0 Å². The SMILES string of the molecule is CC(=O)CCNC(=O)[C@H](CN)NC(=O)C(C)CC(=O)O. The van der Waals surface area contributed by atoms with Crippen molar-refractivity contribution in [2.24, 2.45) is 11.7 Å². The molecule has 114 valence electrons. The van der Waals surface area contributed by atoms with Crippen LogP contribution >= 0.6 is 0 Å². The van der Waals surface area contributed by atoms with Gasteiger partial charge in [0.1, 0.15) is 11.8 Å². The summed E-state index contributed by atoms with van der Waals surface area (Å²) >= 11 is 0. The Balaban J connectivity index is 4.31. The molecule has 8 nitrogen and oxygen atoms in total. The molecule has 0 rings (SSSR count). The molecule has 0 saturated heterocycles. The van der Waals surface area contributed by atoms with Crippen LogP contribution in [0.5, 0.6) is 0 Å². The van der Waals surface area contributed by atoms with E-state index in [9.17, 15) is 19.2 Å². The Morgan fingerprint density at radius 1 is 1.20 bits per heavy atom. The zero-order chi connectivity index (χ0) is 15.7. The minimum absolute atomic E-state index is 0.0614. The summed E-state index contributed by atoms with van der Waals surface area (Å²) in [5.74, 6) is -2.96. The van der Waals surface area contributed by atoms with Crippen LogP contribution in [-0.4, -0.2) is 47.8 Å². The van der Waals surface area contributed by atoms with E-state index in [0.717, 1.165) is 0 Å². The van der Waals surface area contributed by atoms with Crippen LogP contribution in [0.4, 0.5) is 0 Å². The van der Waals surface area contributed by atoms with Gasteiger partial charge in [-0.05, 0) is 6.92 Å². The summed E-state index contributed by atoms with van der Waals surface area (Å²) in [6.45, 7) is 2.91. The third-order valence-corrected chi connectivity index (χ3v) is 2.57. The van der Waals surface area contributed by atoms with Crippen LogP contribution in [0.1, 0.15) is 26.7 Å². The van der Waals surface area contributed by atoms with Crippen LogP contribution in [0.3, 0.4) is 0 Å². The number of hydrogen-bond acceptors (Lipinski definition) is 5. The minimum Gasteiger partial charge on any atom is -0.481 e. The lowest BCUT2D eigenvalue weighted by atomic mass is 10.1. The molecular weight excluding hydrogens is 266 g/mol. The standard InChI is InChI=1S/C12H21N3O5/c1-7(5-10(17)18)11(19)15-9(6-13)12(20)14-4-3-8(2)16/h7,9H,3-6,13H2,1-2H3,(H,14,20)(H,15,19)(H,17,18)/t7?,9-/m0/s1. The second-order valence-electron chi connectivity index (χ2n) is 4.54. The molecule has 0 aliphatic carbocycles. The number of nitrogens with two attached hydrogens (primary N) is 1. The van der Waals surface area contributed by atoms with Gasteiger partial charge in [-0.1, -0.05) is 6.92 Å². The molecular formula is C12H21N3O5. The molecule has 0 aromatic heterocycles. The van der Waals surface area contributed by atoms with Crippen molar-refractivity contribution in [1.29, 1.82) is 0 Å². The quantitative estimate of drug-likeness (QED) is 0.413. The normalized spacial score (nSPS) is 13.2. The lowest BCUT2D eigenvalue weighted by molar-refractivity contribution is -0.141. The summed E-state index contributed by atoms with van der Waals surface area (Å²) in [7, 11) is 0. The molecule has 0 fully saturated rings. The number of amides is 2. The highest BCUT2D eigenvalue weighted by atomic mass is 16.4. The molecule has 0 aromatic carbocycles. The number of Topliss-reactive ketones (excluding diaryl/α,β-unsaturated/α-hetero) is 1. The van der Waals surface area contributed by atoms with Crippen molar-refractivity contribution in [2.75, 3.05) is 13.1 Å².